The van der Waals surface area contributed by atoms with Gasteiger partial charge in [-0.15, -0.1) is 0 Å². The molecule has 1 aromatic carbocycles. The predicted molar refractivity (Wildman–Crippen MR) is 112 cm³/mol. The van der Waals surface area contributed by atoms with Crippen molar-refractivity contribution < 1.29 is 19.2 Å². The van der Waals surface area contributed by atoms with Gasteiger partial charge >= 0.3 is 5.97 Å². The molecule has 1 amide bonds. The number of aryl methyl sites for hydroxylation is 2. The number of ether oxygens (including phenoxy) is 1. The molecular weight excluding hydrogens is 394 g/mol. The molecule has 0 aliphatic rings. The number of amides is 1. The smallest absolute Gasteiger partial charge is 0.350 e. The van der Waals surface area contributed by atoms with E-state index in [0.29, 0.717) is 27.8 Å². The summed E-state index contributed by atoms with van der Waals surface area (Å²) in [6.45, 7) is 7.63. The van der Waals surface area contributed by atoms with E-state index in [9.17, 15) is 19.7 Å². The second kappa shape index (κ2) is 10.1. The number of carbonyl (C=O) groups excluding carboxylic acids is 2. The van der Waals surface area contributed by atoms with Crippen molar-refractivity contribution in [3.05, 3.63) is 50.0 Å². The topological polar surface area (TPSA) is 103 Å². The predicted octanol–water partition coefficient (Wildman–Crippen LogP) is 4.68. The van der Waals surface area contributed by atoms with Crippen LogP contribution in [0, 0.1) is 24.0 Å². The normalized spacial score (nSPS) is 10.6. The van der Waals surface area contributed by atoms with Gasteiger partial charge in [-0.1, -0.05) is 43.2 Å². The number of nitro groups is 1. The highest BCUT2D eigenvalue weighted by Gasteiger charge is 2.30. The van der Waals surface area contributed by atoms with Crippen molar-refractivity contribution in [2.45, 2.75) is 47.0 Å². The van der Waals surface area contributed by atoms with E-state index in [-0.39, 0.29) is 17.9 Å². The maximum Gasteiger partial charge on any atom is 0.350 e. The van der Waals surface area contributed by atoms with Gasteiger partial charge in [0, 0.05) is 12.1 Å². The highest BCUT2D eigenvalue weighted by molar-refractivity contribution is 7.17. The molecule has 0 aliphatic carbocycles. The van der Waals surface area contributed by atoms with Gasteiger partial charge in [-0.3, -0.25) is 19.8 Å². The number of carbonyl (C=O) groups is 2. The van der Waals surface area contributed by atoms with Crippen LogP contribution in [-0.4, -0.2) is 34.9 Å². The Bertz CT molecular complexity index is 910. The third kappa shape index (κ3) is 5.17. The number of unbranched alkanes of at least 4 members (excludes halogenated alkanes) is 2. The van der Waals surface area contributed by atoms with Crippen molar-refractivity contribution in [3.63, 3.8) is 0 Å². The second-order valence-corrected chi connectivity index (χ2v) is 7.50. The minimum Gasteiger partial charge on any atom is -0.462 e. The van der Waals surface area contributed by atoms with Crippen LogP contribution in [0.5, 0.6) is 0 Å². The molecule has 9 heteroatoms. The third-order valence-corrected chi connectivity index (χ3v) is 5.52. The van der Waals surface area contributed by atoms with Crippen LogP contribution in [-0.2, 0) is 4.74 Å². The average molecular weight is 420 g/mol. The molecule has 0 fully saturated rings. The molecule has 1 heterocycles. The minimum atomic E-state index is -0.538. The molecule has 0 aliphatic heterocycles. The molecule has 29 heavy (non-hydrogen) atoms. The number of anilines is 1. The van der Waals surface area contributed by atoms with Gasteiger partial charge in [0.05, 0.1) is 17.2 Å². The molecular formula is C20H25N3O5S. The first-order chi connectivity index (χ1) is 13.8. The van der Waals surface area contributed by atoms with Gasteiger partial charge in [-0.05, 0) is 33.3 Å². The largest absolute Gasteiger partial charge is 0.462 e. The van der Waals surface area contributed by atoms with E-state index in [1.54, 1.807) is 32.9 Å². The van der Waals surface area contributed by atoms with Gasteiger partial charge in [0.15, 0.2) is 5.13 Å². The Labute approximate surface area is 173 Å². The van der Waals surface area contributed by atoms with Crippen LogP contribution >= 0.6 is 11.3 Å². The van der Waals surface area contributed by atoms with Crippen LogP contribution in [0.4, 0.5) is 10.8 Å². The van der Waals surface area contributed by atoms with E-state index in [1.165, 1.54) is 11.0 Å². The number of nitro benzene ring substituents is 1. The van der Waals surface area contributed by atoms with Gasteiger partial charge in [0.25, 0.3) is 11.6 Å². The summed E-state index contributed by atoms with van der Waals surface area (Å²) in [5, 5.41) is 11.9. The Morgan fingerprint density at radius 2 is 1.97 bits per heavy atom. The number of benzene rings is 1. The molecule has 2 aromatic rings. The first-order valence-corrected chi connectivity index (χ1v) is 10.3. The number of nitrogens with zero attached hydrogens (tertiary/aromatic N) is 3. The molecule has 0 N–H and O–H groups in total. The highest BCUT2D eigenvalue weighted by Crippen LogP contribution is 2.31. The molecule has 0 bridgehead atoms. The van der Waals surface area contributed by atoms with Crippen molar-refractivity contribution >= 4 is 34.0 Å². The molecule has 1 aromatic heterocycles. The van der Waals surface area contributed by atoms with E-state index in [1.807, 2.05) is 6.92 Å². The second-order valence-electron chi connectivity index (χ2n) is 6.52. The van der Waals surface area contributed by atoms with Crippen LogP contribution in [0.3, 0.4) is 0 Å². The Morgan fingerprint density at radius 3 is 2.59 bits per heavy atom. The van der Waals surface area contributed by atoms with Crippen molar-refractivity contribution in [3.8, 4) is 0 Å². The maximum atomic E-state index is 13.3. The summed E-state index contributed by atoms with van der Waals surface area (Å²) < 4.78 is 5.05. The van der Waals surface area contributed by atoms with Crippen LogP contribution in [0.2, 0.25) is 0 Å². The molecule has 156 valence electrons. The number of aromatic nitrogens is 1. The lowest BCUT2D eigenvalue weighted by Crippen LogP contribution is -2.32. The van der Waals surface area contributed by atoms with Crippen molar-refractivity contribution in [2.24, 2.45) is 0 Å². The first kappa shape index (κ1) is 22.5. The monoisotopic (exact) mass is 419 g/mol. The molecule has 2 rings (SSSR count). The molecule has 0 unspecified atom stereocenters. The Hall–Kier alpha value is -2.81. The number of hydrogen-bond acceptors (Lipinski definition) is 7. The Kier molecular flexibility index (Phi) is 7.83. The maximum absolute atomic E-state index is 13.3. The summed E-state index contributed by atoms with van der Waals surface area (Å²) in [6, 6.07) is 4.67. The van der Waals surface area contributed by atoms with Gasteiger partial charge in [-0.25, -0.2) is 9.78 Å². The zero-order valence-corrected chi connectivity index (χ0v) is 17.9. The van der Waals surface area contributed by atoms with Gasteiger partial charge in [0.2, 0.25) is 0 Å². The number of para-hydroxylation sites is 1. The summed E-state index contributed by atoms with van der Waals surface area (Å²) in [5.74, 6) is -0.989. The van der Waals surface area contributed by atoms with Crippen molar-refractivity contribution in [2.75, 3.05) is 18.1 Å². The lowest BCUT2D eigenvalue weighted by Gasteiger charge is -2.20. The van der Waals surface area contributed by atoms with Crippen molar-refractivity contribution in [1.82, 2.24) is 4.98 Å². The fourth-order valence-electron chi connectivity index (χ4n) is 2.91. The first-order valence-electron chi connectivity index (χ1n) is 9.52. The van der Waals surface area contributed by atoms with Gasteiger partial charge in [0.1, 0.15) is 10.4 Å². The Balaban J connectivity index is 2.48. The molecule has 0 radical (unpaired) electrons. The van der Waals surface area contributed by atoms with Crippen LogP contribution in [0.1, 0.15) is 64.4 Å². The van der Waals surface area contributed by atoms with Gasteiger partial charge in [-0.2, -0.15) is 0 Å². The molecule has 0 atom stereocenters. The number of esters is 1. The Morgan fingerprint density at radius 1 is 1.24 bits per heavy atom. The molecule has 0 saturated carbocycles. The number of rotatable bonds is 9. The van der Waals surface area contributed by atoms with Gasteiger partial charge < -0.3 is 4.74 Å². The summed E-state index contributed by atoms with van der Waals surface area (Å²) in [7, 11) is 0. The number of thiazole rings is 1. The summed E-state index contributed by atoms with van der Waals surface area (Å²) in [5.41, 5.74) is 0.682. The number of hydrogen-bond donors (Lipinski definition) is 0. The molecule has 0 saturated heterocycles. The van der Waals surface area contributed by atoms with Crippen LogP contribution in [0.15, 0.2) is 18.2 Å². The summed E-state index contributed by atoms with van der Waals surface area (Å²) >= 11 is 1.06. The molecule has 8 nitrogen and oxygen atoms in total. The fraction of sp³-hybridized carbons (Fsp3) is 0.450. The fourth-order valence-corrected chi connectivity index (χ4v) is 3.89. The standard InChI is InChI=1S/C20H25N3O5S/c1-5-7-8-12-22(20-21-14(4)17(29-20)19(25)28-6-2)18(24)15-11-9-10-13(3)16(15)23(26)27/h9-11H,5-8,12H2,1-4H3. The van der Waals surface area contributed by atoms with E-state index in [0.717, 1.165) is 30.6 Å². The minimum absolute atomic E-state index is 0.0111. The van der Waals surface area contributed by atoms with Crippen molar-refractivity contribution in [1.29, 1.82) is 0 Å². The quantitative estimate of drug-likeness (QED) is 0.253. The summed E-state index contributed by atoms with van der Waals surface area (Å²) in [6.07, 6.45) is 2.57. The van der Waals surface area contributed by atoms with E-state index >= 15 is 0 Å². The third-order valence-electron chi connectivity index (χ3n) is 4.36. The SMILES string of the molecule is CCCCCN(C(=O)c1cccc(C)c1[N+](=O)[O-])c1nc(C)c(C(=O)OCC)s1. The van der Waals surface area contributed by atoms with E-state index in [2.05, 4.69) is 4.98 Å². The highest BCUT2D eigenvalue weighted by atomic mass is 32.1. The van der Waals surface area contributed by atoms with Crippen LogP contribution < -0.4 is 4.90 Å². The average Bonchev–Trinajstić information content (AvgIpc) is 3.06. The van der Waals surface area contributed by atoms with Crippen LogP contribution in [0.25, 0.3) is 0 Å². The van der Waals surface area contributed by atoms with E-state index in [4.69, 9.17) is 4.74 Å². The lowest BCUT2D eigenvalue weighted by atomic mass is 10.1. The zero-order chi connectivity index (χ0) is 21.6. The molecule has 0 spiro atoms. The lowest BCUT2D eigenvalue weighted by molar-refractivity contribution is -0.385. The zero-order valence-electron chi connectivity index (χ0n) is 17.1. The summed E-state index contributed by atoms with van der Waals surface area (Å²) in [4.78, 5) is 42.6. The van der Waals surface area contributed by atoms with E-state index < -0.39 is 16.8 Å².